The number of rotatable bonds is 2. The van der Waals surface area contributed by atoms with Crippen LogP contribution < -0.4 is 5.32 Å². The number of anilines is 1. The maximum Gasteiger partial charge on any atom is 0.222 e. The average molecular weight is 366 g/mol. The molecular formula is C12H5Cl3F2N4O. The zero-order valence-corrected chi connectivity index (χ0v) is 13.0. The molecule has 2 aromatic rings. The molecule has 1 aromatic heterocycles. The fraction of sp³-hybridized carbons (Fsp3) is 0.0833. The summed E-state index contributed by atoms with van der Waals surface area (Å²) in [5.41, 5.74) is -0.425. The maximum absolute atomic E-state index is 13.8. The summed E-state index contributed by atoms with van der Waals surface area (Å²) in [6.45, 7) is 1.19. The second-order valence-electron chi connectivity index (χ2n) is 4.03. The van der Waals surface area contributed by atoms with E-state index in [1.54, 1.807) is 6.07 Å². The first-order valence-corrected chi connectivity index (χ1v) is 6.70. The Labute approximate surface area is 138 Å². The molecule has 114 valence electrons. The molecule has 0 saturated heterocycles. The second kappa shape index (κ2) is 6.08. The van der Waals surface area contributed by atoms with Gasteiger partial charge in [-0.15, -0.1) is 0 Å². The lowest BCUT2D eigenvalue weighted by atomic mass is 10.2. The van der Waals surface area contributed by atoms with Crippen molar-refractivity contribution < 1.29 is 13.6 Å². The number of nitrogens with zero attached hydrogens (tertiary/aromatic N) is 3. The van der Waals surface area contributed by atoms with Gasteiger partial charge in [0.05, 0.1) is 6.20 Å². The van der Waals surface area contributed by atoms with Crippen LogP contribution in [0.5, 0.6) is 0 Å². The molecule has 0 fully saturated rings. The van der Waals surface area contributed by atoms with Gasteiger partial charge < -0.3 is 5.32 Å². The Kier molecular flexibility index (Phi) is 4.56. The summed E-state index contributed by atoms with van der Waals surface area (Å²) in [6.07, 6.45) is 1.09. The van der Waals surface area contributed by atoms with Crippen LogP contribution in [0.15, 0.2) is 6.20 Å². The van der Waals surface area contributed by atoms with Crippen molar-refractivity contribution in [3.8, 4) is 11.8 Å². The summed E-state index contributed by atoms with van der Waals surface area (Å²) in [6, 6.07) is 1.77. The summed E-state index contributed by atoms with van der Waals surface area (Å²) >= 11 is 17.0. The minimum atomic E-state index is -1.23. The Hall–Kier alpha value is -1.88. The molecule has 0 bridgehead atoms. The van der Waals surface area contributed by atoms with Gasteiger partial charge in [-0.05, 0) is 0 Å². The van der Waals surface area contributed by atoms with E-state index in [2.05, 4.69) is 10.4 Å². The number of hydrogen-bond acceptors (Lipinski definition) is 3. The van der Waals surface area contributed by atoms with Gasteiger partial charge in [0.25, 0.3) is 0 Å². The number of nitrogens with one attached hydrogen (secondary N) is 1. The first-order chi connectivity index (χ1) is 10.3. The van der Waals surface area contributed by atoms with Crippen LogP contribution in [0.4, 0.5) is 14.6 Å². The number of carbonyl (C=O) groups excluding carboxylic acids is 1. The number of benzene rings is 1. The normalized spacial score (nSPS) is 10.4. The minimum Gasteiger partial charge on any atom is -0.310 e. The number of halogens is 5. The molecule has 1 heterocycles. The van der Waals surface area contributed by atoms with E-state index in [0.29, 0.717) is 0 Å². The van der Waals surface area contributed by atoms with E-state index in [0.717, 1.165) is 10.9 Å². The van der Waals surface area contributed by atoms with E-state index < -0.39 is 32.6 Å². The Morgan fingerprint density at radius 2 is 1.82 bits per heavy atom. The van der Waals surface area contributed by atoms with Crippen molar-refractivity contribution in [2.75, 3.05) is 5.32 Å². The van der Waals surface area contributed by atoms with Gasteiger partial charge in [-0.3, -0.25) is 4.79 Å². The molecule has 0 radical (unpaired) electrons. The zero-order valence-electron chi connectivity index (χ0n) is 10.7. The molecule has 5 nitrogen and oxygen atoms in total. The van der Waals surface area contributed by atoms with E-state index in [9.17, 15) is 13.6 Å². The lowest BCUT2D eigenvalue weighted by Crippen LogP contribution is -2.13. The highest BCUT2D eigenvalue weighted by atomic mass is 35.5. The molecule has 1 amide bonds. The van der Waals surface area contributed by atoms with Gasteiger partial charge in [0, 0.05) is 6.92 Å². The molecule has 22 heavy (non-hydrogen) atoms. The van der Waals surface area contributed by atoms with Crippen molar-refractivity contribution in [1.82, 2.24) is 9.78 Å². The largest absolute Gasteiger partial charge is 0.310 e. The molecule has 0 aliphatic carbocycles. The van der Waals surface area contributed by atoms with Crippen LogP contribution in [0.2, 0.25) is 15.1 Å². The number of aromatic nitrogens is 2. The molecule has 1 N–H and O–H groups in total. The lowest BCUT2D eigenvalue weighted by molar-refractivity contribution is -0.114. The Bertz CT molecular complexity index is 800. The first-order valence-electron chi connectivity index (χ1n) is 5.57. The van der Waals surface area contributed by atoms with Crippen LogP contribution >= 0.6 is 34.8 Å². The quantitative estimate of drug-likeness (QED) is 0.647. The van der Waals surface area contributed by atoms with Gasteiger partial charge in [-0.25, -0.2) is 13.5 Å². The van der Waals surface area contributed by atoms with E-state index in [1.807, 2.05) is 0 Å². The summed E-state index contributed by atoms with van der Waals surface area (Å²) in [5, 5.41) is 13.0. The summed E-state index contributed by atoms with van der Waals surface area (Å²) in [4.78, 5) is 11.2. The van der Waals surface area contributed by atoms with Crippen LogP contribution in [0, 0.1) is 23.0 Å². The topological polar surface area (TPSA) is 70.7 Å². The molecule has 0 aliphatic heterocycles. The number of carbonyl (C=O) groups is 1. The van der Waals surface area contributed by atoms with Crippen LogP contribution in [0.25, 0.3) is 5.69 Å². The smallest absolute Gasteiger partial charge is 0.222 e. The van der Waals surface area contributed by atoms with Crippen LogP contribution in [0.1, 0.15) is 12.5 Å². The van der Waals surface area contributed by atoms with Crippen molar-refractivity contribution in [2.45, 2.75) is 6.92 Å². The standard InChI is InChI=1S/C12H5Cl3F2N4O/c1-4(22)20-12-5(2-18)3-19-21(12)11-7(14)9(16)6(13)10(17)8(11)15/h3H,1H3,(H,20,22). The molecular weight excluding hydrogens is 361 g/mol. The molecule has 10 heteroatoms. The molecule has 0 spiro atoms. The van der Waals surface area contributed by atoms with Crippen molar-refractivity contribution in [2.24, 2.45) is 0 Å². The van der Waals surface area contributed by atoms with Gasteiger partial charge in [-0.2, -0.15) is 10.4 Å². The first kappa shape index (κ1) is 16.5. The van der Waals surface area contributed by atoms with Crippen LogP contribution in [-0.2, 0) is 4.79 Å². The molecule has 0 saturated carbocycles. The third kappa shape index (κ3) is 2.61. The van der Waals surface area contributed by atoms with Crippen molar-refractivity contribution in [3.63, 3.8) is 0 Å². The Morgan fingerprint density at radius 3 is 2.27 bits per heavy atom. The number of hydrogen-bond donors (Lipinski definition) is 1. The maximum atomic E-state index is 13.8. The van der Waals surface area contributed by atoms with Gasteiger partial charge in [0.2, 0.25) is 5.91 Å². The number of nitriles is 1. The van der Waals surface area contributed by atoms with Gasteiger partial charge in [0.1, 0.15) is 32.4 Å². The van der Waals surface area contributed by atoms with Crippen molar-refractivity contribution >= 4 is 46.5 Å². The molecule has 2 rings (SSSR count). The number of amides is 1. The minimum absolute atomic E-state index is 0.0434. The monoisotopic (exact) mass is 364 g/mol. The summed E-state index contributed by atoms with van der Waals surface area (Å²) < 4.78 is 28.5. The Balaban J connectivity index is 2.81. The zero-order chi connectivity index (χ0) is 16.6. The highest BCUT2D eigenvalue weighted by Gasteiger charge is 2.26. The predicted octanol–water partition coefficient (Wildman–Crippen LogP) is 3.94. The van der Waals surface area contributed by atoms with Gasteiger partial charge in [0.15, 0.2) is 17.5 Å². The van der Waals surface area contributed by atoms with Crippen LogP contribution in [0.3, 0.4) is 0 Å². The SMILES string of the molecule is CC(=O)Nc1c(C#N)cnn1-c1c(Cl)c(F)c(Cl)c(F)c1Cl. The molecule has 0 aliphatic rings. The van der Waals surface area contributed by atoms with E-state index >= 15 is 0 Å². The predicted molar refractivity (Wildman–Crippen MR) is 77.5 cm³/mol. The Morgan fingerprint density at radius 1 is 1.27 bits per heavy atom. The molecule has 0 unspecified atom stereocenters. The van der Waals surface area contributed by atoms with E-state index in [1.165, 1.54) is 6.92 Å². The lowest BCUT2D eigenvalue weighted by Gasteiger charge is -2.13. The average Bonchev–Trinajstić information content (AvgIpc) is 2.85. The second-order valence-corrected chi connectivity index (χ2v) is 5.16. The van der Waals surface area contributed by atoms with E-state index in [4.69, 9.17) is 40.1 Å². The fourth-order valence-electron chi connectivity index (χ4n) is 1.67. The van der Waals surface area contributed by atoms with Gasteiger partial charge >= 0.3 is 0 Å². The van der Waals surface area contributed by atoms with Crippen molar-refractivity contribution in [1.29, 1.82) is 5.26 Å². The summed E-state index contributed by atoms with van der Waals surface area (Å²) in [5.74, 6) is -3.12. The fourth-order valence-corrected chi connectivity index (χ4v) is 2.54. The highest BCUT2D eigenvalue weighted by Crippen LogP contribution is 2.39. The summed E-state index contributed by atoms with van der Waals surface area (Å²) in [7, 11) is 0. The van der Waals surface area contributed by atoms with E-state index in [-0.39, 0.29) is 17.1 Å². The van der Waals surface area contributed by atoms with Gasteiger partial charge in [-0.1, -0.05) is 34.8 Å². The molecule has 1 aromatic carbocycles. The van der Waals surface area contributed by atoms with Crippen molar-refractivity contribution in [3.05, 3.63) is 38.5 Å². The van der Waals surface area contributed by atoms with Crippen LogP contribution in [-0.4, -0.2) is 15.7 Å². The molecule has 0 atom stereocenters. The highest BCUT2D eigenvalue weighted by molar-refractivity contribution is 6.41. The third-order valence-electron chi connectivity index (χ3n) is 2.58. The third-order valence-corrected chi connectivity index (χ3v) is 3.60.